The van der Waals surface area contributed by atoms with Crippen molar-refractivity contribution in [2.75, 3.05) is 18.4 Å². The molecule has 25 heavy (non-hydrogen) atoms. The molecule has 0 unspecified atom stereocenters. The predicted molar refractivity (Wildman–Crippen MR) is 95.2 cm³/mol. The zero-order valence-corrected chi connectivity index (χ0v) is 15.3. The van der Waals surface area contributed by atoms with Crippen molar-refractivity contribution in [3.8, 4) is 0 Å². The minimum absolute atomic E-state index is 0.0313. The second-order valence-corrected chi connectivity index (χ2v) is 7.37. The van der Waals surface area contributed by atoms with Crippen molar-refractivity contribution in [2.24, 2.45) is 0 Å². The van der Waals surface area contributed by atoms with Crippen LogP contribution in [0.5, 0.6) is 0 Å². The van der Waals surface area contributed by atoms with Crippen LogP contribution in [0.2, 0.25) is 0 Å². The van der Waals surface area contributed by atoms with Gasteiger partial charge >= 0.3 is 12.0 Å². The van der Waals surface area contributed by atoms with E-state index in [1.807, 2.05) is 6.92 Å². The molecular weight excluding hydrogens is 346 g/mol. The zero-order valence-electron chi connectivity index (χ0n) is 14.5. The highest BCUT2D eigenvalue weighted by atomic mass is 32.2. The molecule has 0 saturated heterocycles. The fourth-order valence-electron chi connectivity index (χ4n) is 1.98. The molecule has 1 rings (SSSR count). The van der Waals surface area contributed by atoms with Crippen LogP contribution in [0.4, 0.5) is 10.5 Å². The van der Waals surface area contributed by atoms with Gasteiger partial charge in [0.2, 0.25) is 10.0 Å². The van der Waals surface area contributed by atoms with Crippen LogP contribution in [0, 0.1) is 6.92 Å². The summed E-state index contributed by atoms with van der Waals surface area (Å²) in [4.78, 5) is 22.3. The van der Waals surface area contributed by atoms with Crippen LogP contribution < -0.4 is 15.4 Å². The average Bonchev–Trinajstić information content (AvgIpc) is 2.53. The van der Waals surface area contributed by atoms with Crippen LogP contribution in [-0.2, 0) is 14.8 Å². The molecule has 0 aliphatic heterocycles. The lowest BCUT2D eigenvalue weighted by Crippen LogP contribution is -2.30. The van der Waals surface area contributed by atoms with Crippen molar-refractivity contribution in [2.45, 2.75) is 44.4 Å². The standard InChI is InChI=1S/C16H25N3O5S/c1-3-4-10-18-25(23,24)13-8-7-12(2)14(11-13)19-16(22)17-9-5-6-15(20)21/h7-8,11,18H,3-6,9-10H2,1-2H3,(H,20,21)(H2,17,19,22). The monoisotopic (exact) mass is 371 g/mol. The lowest BCUT2D eigenvalue weighted by Gasteiger charge is -2.12. The van der Waals surface area contributed by atoms with E-state index in [4.69, 9.17) is 5.11 Å². The van der Waals surface area contributed by atoms with Gasteiger partial charge in [0.1, 0.15) is 0 Å². The lowest BCUT2D eigenvalue weighted by atomic mass is 10.2. The lowest BCUT2D eigenvalue weighted by molar-refractivity contribution is -0.137. The molecule has 0 saturated carbocycles. The van der Waals surface area contributed by atoms with Gasteiger partial charge in [-0.1, -0.05) is 19.4 Å². The van der Waals surface area contributed by atoms with Crippen molar-refractivity contribution < 1.29 is 23.1 Å². The number of amides is 2. The molecule has 0 heterocycles. The summed E-state index contributed by atoms with van der Waals surface area (Å²) in [5.74, 6) is -0.925. The molecule has 0 spiro atoms. The third-order valence-corrected chi connectivity index (χ3v) is 4.90. The van der Waals surface area contributed by atoms with Gasteiger partial charge in [-0.25, -0.2) is 17.9 Å². The molecule has 1 aromatic rings. The van der Waals surface area contributed by atoms with Gasteiger partial charge in [-0.15, -0.1) is 0 Å². The second kappa shape index (κ2) is 10.00. The van der Waals surface area contributed by atoms with Gasteiger partial charge in [0, 0.05) is 25.2 Å². The van der Waals surface area contributed by atoms with E-state index >= 15 is 0 Å². The highest BCUT2D eigenvalue weighted by Crippen LogP contribution is 2.20. The fraction of sp³-hybridized carbons (Fsp3) is 0.500. The number of unbranched alkanes of at least 4 members (excludes halogenated alkanes) is 1. The maximum absolute atomic E-state index is 12.2. The molecular formula is C16H25N3O5S. The number of carbonyl (C=O) groups excluding carboxylic acids is 1. The molecule has 0 fully saturated rings. The van der Waals surface area contributed by atoms with Gasteiger partial charge in [0.25, 0.3) is 0 Å². The quantitative estimate of drug-likeness (QED) is 0.469. The van der Waals surface area contributed by atoms with Gasteiger partial charge < -0.3 is 15.7 Å². The summed E-state index contributed by atoms with van der Waals surface area (Å²) >= 11 is 0. The Labute approximate surface area is 148 Å². The van der Waals surface area contributed by atoms with Crippen LogP contribution in [0.3, 0.4) is 0 Å². The summed E-state index contributed by atoms with van der Waals surface area (Å²) in [6, 6.07) is 4.00. The highest BCUT2D eigenvalue weighted by molar-refractivity contribution is 7.89. The minimum atomic E-state index is -3.62. The molecule has 9 heteroatoms. The van der Waals surface area contributed by atoms with E-state index in [0.29, 0.717) is 24.2 Å². The SMILES string of the molecule is CCCCNS(=O)(=O)c1ccc(C)c(NC(=O)NCCCC(=O)O)c1. The van der Waals surface area contributed by atoms with Gasteiger partial charge in [0.15, 0.2) is 0 Å². The number of benzene rings is 1. The first-order valence-electron chi connectivity index (χ1n) is 8.13. The summed E-state index contributed by atoms with van der Waals surface area (Å²) in [5.41, 5.74) is 1.10. The number of nitrogens with one attached hydrogen (secondary N) is 3. The Kier molecular flexibility index (Phi) is 8.36. The van der Waals surface area contributed by atoms with Crippen LogP contribution in [0.25, 0.3) is 0 Å². The van der Waals surface area contributed by atoms with E-state index in [-0.39, 0.29) is 17.9 Å². The van der Waals surface area contributed by atoms with Crippen LogP contribution in [-0.4, -0.2) is 38.6 Å². The minimum Gasteiger partial charge on any atom is -0.481 e. The topological polar surface area (TPSA) is 125 Å². The van der Waals surface area contributed by atoms with Crippen LogP contribution >= 0.6 is 0 Å². The van der Waals surface area contributed by atoms with Gasteiger partial charge in [-0.3, -0.25) is 4.79 Å². The third kappa shape index (κ3) is 7.53. The molecule has 0 atom stereocenters. The Morgan fingerprint density at radius 2 is 1.88 bits per heavy atom. The van der Waals surface area contributed by atoms with E-state index in [0.717, 1.165) is 12.8 Å². The Morgan fingerprint density at radius 1 is 1.16 bits per heavy atom. The number of rotatable bonds is 10. The number of anilines is 1. The summed E-state index contributed by atoms with van der Waals surface area (Å²) < 4.78 is 27.0. The number of carboxylic acids is 1. The number of aryl methyl sites for hydroxylation is 1. The number of hydrogen-bond acceptors (Lipinski definition) is 4. The molecule has 0 bridgehead atoms. The number of sulfonamides is 1. The Bertz CT molecular complexity index is 704. The zero-order chi connectivity index (χ0) is 18.9. The first-order chi connectivity index (χ1) is 11.8. The third-order valence-electron chi connectivity index (χ3n) is 3.44. The normalized spacial score (nSPS) is 11.1. The van der Waals surface area contributed by atoms with E-state index in [1.54, 1.807) is 13.0 Å². The summed E-state index contributed by atoms with van der Waals surface area (Å²) in [6.45, 7) is 4.30. The van der Waals surface area contributed by atoms with Crippen molar-refractivity contribution in [3.05, 3.63) is 23.8 Å². The molecule has 1 aromatic carbocycles. The second-order valence-electron chi connectivity index (χ2n) is 5.61. The number of carboxylic acid groups (broad SMARTS) is 1. The molecule has 8 nitrogen and oxygen atoms in total. The largest absolute Gasteiger partial charge is 0.481 e. The molecule has 0 radical (unpaired) electrons. The maximum atomic E-state index is 12.2. The number of urea groups is 1. The highest BCUT2D eigenvalue weighted by Gasteiger charge is 2.15. The molecule has 2 amide bonds. The fourth-order valence-corrected chi connectivity index (χ4v) is 3.08. The molecule has 0 aliphatic rings. The van der Waals surface area contributed by atoms with E-state index < -0.39 is 22.0 Å². The number of aliphatic carboxylic acids is 1. The van der Waals surface area contributed by atoms with Gasteiger partial charge in [-0.05, 0) is 37.5 Å². The molecule has 4 N–H and O–H groups in total. The van der Waals surface area contributed by atoms with E-state index in [2.05, 4.69) is 15.4 Å². The van der Waals surface area contributed by atoms with Gasteiger partial charge in [0.05, 0.1) is 4.90 Å². The number of hydrogen-bond donors (Lipinski definition) is 4. The Morgan fingerprint density at radius 3 is 2.52 bits per heavy atom. The summed E-state index contributed by atoms with van der Waals surface area (Å²) in [6.07, 6.45) is 1.91. The first-order valence-corrected chi connectivity index (χ1v) is 9.61. The van der Waals surface area contributed by atoms with Crippen LogP contribution in [0.1, 0.15) is 38.2 Å². The smallest absolute Gasteiger partial charge is 0.319 e. The van der Waals surface area contributed by atoms with Crippen LogP contribution in [0.15, 0.2) is 23.1 Å². The van der Waals surface area contributed by atoms with Gasteiger partial charge in [-0.2, -0.15) is 0 Å². The molecule has 0 aromatic heterocycles. The van der Waals surface area contributed by atoms with Crippen molar-refractivity contribution in [1.29, 1.82) is 0 Å². The van der Waals surface area contributed by atoms with E-state index in [9.17, 15) is 18.0 Å². The predicted octanol–water partition coefficient (Wildman–Crippen LogP) is 2.06. The Hall–Kier alpha value is -2.13. The average molecular weight is 371 g/mol. The summed E-state index contributed by atoms with van der Waals surface area (Å²) in [5, 5.41) is 13.7. The summed E-state index contributed by atoms with van der Waals surface area (Å²) in [7, 11) is -3.62. The van der Waals surface area contributed by atoms with Crippen molar-refractivity contribution in [3.63, 3.8) is 0 Å². The Balaban J connectivity index is 2.71. The molecule has 140 valence electrons. The first kappa shape index (κ1) is 20.9. The number of carbonyl (C=O) groups is 2. The van der Waals surface area contributed by atoms with Crippen molar-refractivity contribution >= 4 is 27.7 Å². The van der Waals surface area contributed by atoms with Crippen molar-refractivity contribution in [1.82, 2.24) is 10.0 Å². The maximum Gasteiger partial charge on any atom is 0.319 e. The molecule has 0 aliphatic carbocycles. The van der Waals surface area contributed by atoms with E-state index in [1.165, 1.54) is 12.1 Å².